The normalized spacial score (nSPS) is 27.2. The highest BCUT2D eigenvalue weighted by molar-refractivity contribution is 5.36. The molecule has 1 aliphatic carbocycles. The number of benzene rings is 1. The molecule has 1 aromatic rings. The van der Waals surface area contributed by atoms with Gasteiger partial charge < -0.3 is 4.74 Å². The van der Waals surface area contributed by atoms with Crippen LogP contribution in [0, 0.1) is 0 Å². The molecule has 1 saturated carbocycles. The molecular weight excluding hydrogens is 148 g/mol. The lowest BCUT2D eigenvalue weighted by molar-refractivity contribution is 0.414. The highest BCUT2D eigenvalue weighted by Gasteiger charge is 2.32. The van der Waals surface area contributed by atoms with E-state index in [2.05, 4.69) is 24.3 Å². The van der Waals surface area contributed by atoms with E-state index in [1.165, 1.54) is 18.4 Å². The molecule has 3 rings (SSSR count). The molecular formula is C11H12O. The summed E-state index contributed by atoms with van der Waals surface area (Å²) in [5.41, 5.74) is 2.99. The quantitative estimate of drug-likeness (QED) is 0.606. The molecule has 1 heteroatoms. The fraction of sp³-hybridized carbons (Fsp3) is 0.455. The Bertz CT molecular complexity index is 267. The molecule has 0 amide bonds. The minimum absolute atomic E-state index is 0.432. The summed E-state index contributed by atoms with van der Waals surface area (Å²) in [7, 11) is 0. The van der Waals surface area contributed by atoms with Crippen LogP contribution in [0.25, 0.3) is 0 Å². The predicted molar refractivity (Wildman–Crippen MR) is 47.1 cm³/mol. The summed E-state index contributed by atoms with van der Waals surface area (Å²) in [6.07, 6.45) is 3.19. The van der Waals surface area contributed by atoms with Crippen molar-refractivity contribution in [2.75, 3.05) is 6.61 Å². The van der Waals surface area contributed by atoms with Crippen molar-refractivity contribution in [1.29, 1.82) is 0 Å². The number of hydrogen-bond donors (Lipinski definition) is 0. The van der Waals surface area contributed by atoms with E-state index in [0.717, 1.165) is 12.5 Å². The third kappa shape index (κ3) is 1.05. The Labute approximate surface area is 72.4 Å². The zero-order valence-corrected chi connectivity index (χ0v) is 6.99. The Morgan fingerprint density at radius 3 is 2.33 bits per heavy atom. The fourth-order valence-electron chi connectivity index (χ4n) is 1.80. The van der Waals surface area contributed by atoms with Gasteiger partial charge in [-0.1, -0.05) is 24.3 Å². The second-order valence-electron chi connectivity index (χ2n) is 3.73. The standard InChI is InChI=1S/C11H12O/c1-2-4-10(11-7-12-11)9(3-1)8-5-6-8/h1-4,8,11H,5-7H2/t11-/m1/s1. The summed E-state index contributed by atoms with van der Waals surface area (Å²) in [5, 5.41) is 0. The number of epoxide rings is 1. The smallest absolute Gasteiger partial charge is 0.106 e. The van der Waals surface area contributed by atoms with Gasteiger partial charge >= 0.3 is 0 Å². The molecule has 0 spiro atoms. The molecule has 2 aliphatic rings. The van der Waals surface area contributed by atoms with E-state index in [-0.39, 0.29) is 0 Å². The molecule has 0 radical (unpaired) electrons. The molecule has 1 aliphatic heterocycles. The van der Waals surface area contributed by atoms with Crippen LogP contribution in [-0.2, 0) is 4.74 Å². The third-order valence-corrected chi connectivity index (χ3v) is 2.69. The lowest BCUT2D eigenvalue weighted by Gasteiger charge is -2.04. The summed E-state index contributed by atoms with van der Waals surface area (Å²) >= 11 is 0. The average molecular weight is 160 g/mol. The Hall–Kier alpha value is -0.820. The third-order valence-electron chi connectivity index (χ3n) is 2.69. The first-order chi connectivity index (χ1) is 5.95. The average Bonchev–Trinajstić information content (AvgIpc) is 2.99. The van der Waals surface area contributed by atoms with Crippen LogP contribution in [-0.4, -0.2) is 6.61 Å². The van der Waals surface area contributed by atoms with E-state index in [4.69, 9.17) is 4.74 Å². The first-order valence-electron chi connectivity index (χ1n) is 4.65. The molecule has 0 unspecified atom stereocenters. The zero-order chi connectivity index (χ0) is 7.97. The maximum Gasteiger partial charge on any atom is 0.106 e. The van der Waals surface area contributed by atoms with Gasteiger partial charge in [-0.25, -0.2) is 0 Å². The zero-order valence-electron chi connectivity index (χ0n) is 6.99. The second-order valence-corrected chi connectivity index (χ2v) is 3.73. The van der Waals surface area contributed by atoms with Gasteiger partial charge in [0, 0.05) is 0 Å². The second kappa shape index (κ2) is 2.33. The summed E-state index contributed by atoms with van der Waals surface area (Å²) in [6.45, 7) is 0.934. The molecule has 12 heavy (non-hydrogen) atoms. The molecule has 0 N–H and O–H groups in total. The van der Waals surface area contributed by atoms with Crippen LogP contribution in [0.3, 0.4) is 0 Å². The van der Waals surface area contributed by atoms with Crippen LogP contribution in [0.5, 0.6) is 0 Å². The van der Waals surface area contributed by atoms with Gasteiger partial charge in [0.25, 0.3) is 0 Å². The van der Waals surface area contributed by atoms with Gasteiger partial charge in [-0.05, 0) is 29.9 Å². The summed E-state index contributed by atoms with van der Waals surface area (Å²) in [4.78, 5) is 0. The van der Waals surface area contributed by atoms with Crippen LogP contribution in [0.2, 0.25) is 0 Å². The van der Waals surface area contributed by atoms with Crippen molar-refractivity contribution < 1.29 is 4.74 Å². The molecule has 0 aromatic heterocycles. The van der Waals surface area contributed by atoms with Crippen molar-refractivity contribution in [3.05, 3.63) is 35.4 Å². The van der Waals surface area contributed by atoms with Crippen molar-refractivity contribution in [2.24, 2.45) is 0 Å². The van der Waals surface area contributed by atoms with E-state index >= 15 is 0 Å². The van der Waals surface area contributed by atoms with Crippen LogP contribution >= 0.6 is 0 Å². The SMILES string of the molecule is c1ccc([C@H]2CO2)c(C2CC2)c1. The molecule has 62 valence electrons. The fourth-order valence-corrected chi connectivity index (χ4v) is 1.80. The monoisotopic (exact) mass is 160 g/mol. The van der Waals surface area contributed by atoms with Gasteiger partial charge in [0.2, 0.25) is 0 Å². The largest absolute Gasteiger partial charge is 0.368 e. The van der Waals surface area contributed by atoms with E-state index in [1.807, 2.05) is 0 Å². The highest BCUT2D eigenvalue weighted by atomic mass is 16.6. The Balaban J connectivity index is 2.02. The predicted octanol–water partition coefficient (Wildman–Crippen LogP) is 2.64. The highest BCUT2D eigenvalue weighted by Crippen LogP contribution is 2.45. The van der Waals surface area contributed by atoms with Gasteiger partial charge in [0.15, 0.2) is 0 Å². The molecule has 1 aromatic carbocycles. The van der Waals surface area contributed by atoms with Crippen LogP contribution in [0.15, 0.2) is 24.3 Å². The van der Waals surface area contributed by atoms with E-state index < -0.39 is 0 Å². The number of ether oxygens (including phenoxy) is 1. The minimum atomic E-state index is 0.432. The minimum Gasteiger partial charge on any atom is -0.368 e. The summed E-state index contributed by atoms with van der Waals surface area (Å²) < 4.78 is 5.31. The van der Waals surface area contributed by atoms with Gasteiger partial charge in [0.05, 0.1) is 6.61 Å². The van der Waals surface area contributed by atoms with Crippen molar-refractivity contribution in [2.45, 2.75) is 24.9 Å². The summed E-state index contributed by atoms with van der Waals surface area (Å²) in [6, 6.07) is 8.72. The van der Waals surface area contributed by atoms with Crippen LogP contribution in [0.1, 0.15) is 36.0 Å². The molecule has 0 bridgehead atoms. The molecule has 1 heterocycles. The molecule has 1 saturated heterocycles. The van der Waals surface area contributed by atoms with Crippen molar-refractivity contribution in [3.8, 4) is 0 Å². The Morgan fingerprint density at radius 2 is 1.75 bits per heavy atom. The molecule has 1 nitrogen and oxygen atoms in total. The van der Waals surface area contributed by atoms with Gasteiger partial charge in [-0.3, -0.25) is 0 Å². The van der Waals surface area contributed by atoms with Gasteiger partial charge in [-0.15, -0.1) is 0 Å². The van der Waals surface area contributed by atoms with E-state index in [0.29, 0.717) is 6.10 Å². The van der Waals surface area contributed by atoms with Crippen molar-refractivity contribution in [3.63, 3.8) is 0 Å². The first-order valence-corrected chi connectivity index (χ1v) is 4.65. The van der Waals surface area contributed by atoms with Crippen molar-refractivity contribution >= 4 is 0 Å². The van der Waals surface area contributed by atoms with Crippen LogP contribution < -0.4 is 0 Å². The number of rotatable bonds is 2. The summed E-state index contributed by atoms with van der Waals surface area (Å²) in [5.74, 6) is 0.852. The number of hydrogen-bond acceptors (Lipinski definition) is 1. The Morgan fingerprint density at radius 1 is 1.08 bits per heavy atom. The molecule has 1 atom stereocenters. The topological polar surface area (TPSA) is 12.5 Å². The van der Waals surface area contributed by atoms with Crippen molar-refractivity contribution in [1.82, 2.24) is 0 Å². The Kier molecular flexibility index (Phi) is 1.30. The van der Waals surface area contributed by atoms with Gasteiger partial charge in [-0.2, -0.15) is 0 Å². The lowest BCUT2D eigenvalue weighted by Crippen LogP contribution is -1.89. The maximum absolute atomic E-state index is 5.31. The van der Waals surface area contributed by atoms with Gasteiger partial charge in [0.1, 0.15) is 6.10 Å². The van der Waals surface area contributed by atoms with E-state index in [9.17, 15) is 0 Å². The maximum atomic E-state index is 5.31. The lowest BCUT2D eigenvalue weighted by atomic mass is 10.0. The van der Waals surface area contributed by atoms with E-state index in [1.54, 1.807) is 5.56 Å². The first kappa shape index (κ1) is 6.67. The molecule has 2 fully saturated rings. The van der Waals surface area contributed by atoms with Crippen LogP contribution in [0.4, 0.5) is 0 Å².